The first-order chi connectivity index (χ1) is 13.5. The second-order valence-electron chi connectivity index (χ2n) is 5.67. The molecule has 0 aliphatic carbocycles. The fraction of sp³-hybridized carbons (Fsp3) is 0.158. The van der Waals surface area contributed by atoms with Crippen LogP contribution in [0.2, 0.25) is 0 Å². The van der Waals surface area contributed by atoms with Gasteiger partial charge in [-0.2, -0.15) is 0 Å². The normalized spacial score (nSPS) is 10.4. The first-order valence-electron chi connectivity index (χ1n) is 8.32. The van der Waals surface area contributed by atoms with Gasteiger partial charge >= 0.3 is 0 Å². The van der Waals surface area contributed by atoms with Gasteiger partial charge in [0.05, 0.1) is 18.6 Å². The largest absolute Gasteiger partial charge is 0.495 e. The topological polar surface area (TPSA) is 93.2 Å². The molecular weight excluding hydrogens is 396 g/mol. The summed E-state index contributed by atoms with van der Waals surface area (Å²) in [5, 5.41) is 14.7. The number of nitrogens with one attached hydrogen (secondary N) is 2. The number of Topliss-reactive ketones (excluding diaryl/α,β-unsaturated/α-hetero) is 1. The molecule has 0 aliphatic rings. The Bertz CT molecular complexity index is 991. The summed E-state index contributed by atoms with van der Waals surface area (Å²) in [4.78, 5) is 23.6. The zero-order valence-corrected chi connectivity index (χ0v) is 16.9. The lowest BCUT2D eigenvalue weighted by molar-refractivity contribution is -0.113. The summed E-state index contributed by atoms with van der Waals surface area (Å²) >= 11 is 2.65. The summed E-state index contributed by atoms with van der Waals surface area (Å²) in [6, 6.07) is 14.4. The second kappa shape index (κ2) is 9.34. The fourth-order valence-electron chi connectivity index (χ4n) is 2.32. The molecule has 3 aromatic rings. The van der Waals surface area contributed by atoms with E-state index in [4.69, 9.17) is 4.74 Å². The second-order valence-corrected chi connectivity index (χ2v) is 7.87. The van der Waals surface area contributed by atoms with Gasteiger partial charge in [0.1, 0.15) is 5.75 Å². The maximum atomic E-state index is 12.2. The minimum atomic E-state index is -0.180. The number of hydrogen-bond acceptors (Lipinski definition) is 8. The monoisotopic (exact) mass is 414 g/mol. The van der Waals surface area contributed by atoms with E-state index in [1.807, 2.05) is 24.3 Å². The van der Waals surface area contributed by atoms with Crippen molar-refractivity contribution in [3.05, 3.63) is 54.1 Å². The molecule has 7 nitrogen and oxygen atoms in total. The van der Waals surface area contributed by atoms with Gasteiger partial charge in [0.2, 0.25) is 11.0 Å². The van der Waals surface area contributed by atoms with E-state index >= 15 is 0 Å². The Morgan fingerprint density at radius 3 is 2.75 bits per heavy atom. The standard InChI is InChI=1S/C19H18N4O3S2/c1-12(24)13-6-5-7-14(10-13)20-17(25)11-27-19-23-22-18(28-19)21-15-8-3-4-9-16(15)26-2/h3-10H,11H2,1-2H3,(H,20,25)(H,21,22). The van der Waals surface area contributed by atoms with Crippen molar-refractivity contribution in [2.45, 2.75) is 11.3 Å². The number of nitrogens with zero attached hydrogens (tertiary/aromatic N) is 2. The Kier molecular flexibility index (Phi) is 6.62. The molecule has 0 bridgehead atoms. The number of ether oxygens (including phenoxy) is 1. The highest BCUT2D eigenvalue weighted by molar-refractivity contribution is 8.01. The molecule has 0 fully saturated rings. The first-order valence-corrected chi connectivity index (χ1v) is 10.1. The van der Waals surface area contributed by atoms with Crippen LogP contribution in [0.25, 0.3) is 0 Å². The van der Waals surface area contributed by atoms with E-state index in [1.54, 1.807) is 31.4 Å². The molecule has 9 heteroatoms. The van der Waals surface area contributed by atoms with Gasteiger partial charge in [0.25, 0.3) is 0 Å². The van der Waals surface area contributed by atoms with E-state index in [2.05, 4.69) is 20.8 Å². The number of methoxy groups -OCH3 is 1. The van der Waals surface area contributed by atoms with E-state index in [9.17, 15) is 9.59 Å². The van der Waals surface area contributed by atoms with Crippen LogP contribution in [0.1, 0.15) is 17.3 Å². The zero-order valence-electron chi connectivity index (χ0n) is 15.3. The van der Waals surface area contributed by atoms with Crippen LogP contribution < -0.4 is 15.4 Å². The highest BCUT2D eigenvalue weighted by Gasteiger charge is 2.11. The summed E-state index contributed by atoms with van der Waals surface area (Å²) in [5.41, 5.74) is 1.94. The van der Waals surface area contributed by atoms with Crippen molar-refractivity contribution in [3.8, 4) is 5.75 Å². The first kappa shape index (κ1) is 19.8. The van der Waals surface area contributed by atoms with Crippen LogP contribution in [0.5, 0.6) is 5.75 Å². The van der Waals surface area contributed by atoms with Crippen molar-refractivity contribution >= 4 is 51.3 Å². The Balaban J connectivity index is 1.55. The van der Waals surface area contributed by atoms with Crippen molar-refractivity contribution in [2.75, 3.05) is 23.5 Å². The maximum Gasteiger partial charge on any atom is 0.234 e. The average molecular weight is 415 g/mol. The van der Waals surface area contributed by atoms with E-state index in [1.165, 1.54) is 30.0 Å². The number of para-hydroxylation sites is 2. The Hall–Kier alpha value is -2.91. The summed E-state index contributed by atoms with van der Waals surface area (Å²) in [6.07, 6.45) is 0. The molecule has 0 saturated carbocycles. The van der Waals surface area contributed by atoms with Crippen LogP contribution in [0.3, 0.4) is 0 Å². The minimum Gasteiger partial charge on any atom is -0.495 e. The number of carbonyl (C=O) groups excluding carboxylic acids is 2. The quantitative estimate of drug-likeness (QED) is 0.421. The highest BCUT2D eigenvalue weighted by atomic mass is 32.2. The van der Waals surface area contributed by atoms with Gasteiger partial charge in [-0.3, -0.25) is 9.59 Å². The predicted molar refractivity (Wildman–Crippen MR) is 112 cm³/mol. The SMILES string of the molecule is COc1ccccc1Nc1nnc(SCC(=O)Nc2cccc(C(C)=O)c2)s1. The number of thioether (sulfide) groups is 1. The fourth-order valence-corrected chi connectivity index (χ4v) is 3.89. The molecule has 2 N–H and O–H groups in total. The van der Waals surface area contributed by atoms with Crippen molar-refractivity contribution < 1.29 is 14.3 Å². The van der Waals surface area contributed by atoms with Crippen LogP contribution in [0, 0.1) is 0 Å². The lowest BCUT2D eigenvalue weighted by atomic mass is 10.1. The predicted octanol–water partition coefficient (Wildman–Crippen LogP) is 4.22. The van der Waals surface area contributed by atoms with E-state index in [-0.39, 0.29) is 17.4 Å². The third-order valence-electron chi connectivity index (χ3n) is 3.63. The molecule has 0 unspecified atom stereocenters. The molecule has 3 rings (SSSR count). The van der Waals surface area contributed by atoms with Gasteiger partial charge in [-0.05, 0) is 31.2 Å². The molecule has 28 heavy (non-hydrogen) atoms. The maximum absolute atomic E-state index is 12.2. The smallest absolute Gasteiger partial charge is 0.234 e. The van der Waals surface area contributed by atoms with Crippen LogP contribution in [0.15, 0.2) is 52.9 Å². The summed E-state index contributed by atoms with van der Waals surface area (Å²) in [5.74, 6) is 0.668. The van der Waals surface area contributed by atoms with Gasteiger partial charge in [-0.1, -0.05) is 47.4 Å². The van der Waals surface area contributed by atoms with Crippen molar-refractivity contribution in [1.82, 2.24) is 10.2 Å². The lowest BCUT2D eigenvalue weighted by Crippen LogP contribution is -2.14. The number of anilines is 3. The molecule has 0 aliphatic heterocycles. The third kappa shape index (κ3) is 5.30. The Morgan fingerprint density at radius 2 is 1.96 bits per heavy atom. The Morgan fingerprint density at radius 1 is 1.14 bits per heavy atom. The number of hydrogen-bond donors (Lipinski definition) is 2. The van der Waals surface area contributed by atoms with E-state index in [0.29, 0.717) is 26.5 Å². The summed E-state index contributed by atoms with van der Waals surface area (Å²) in [6.45, 7) is 1.49. The molecule has 1 heterocycles. The third-order valence-corrected chi connectivity index (χ3v) is 5.61. The number of aromatic nitrogens is 2. The van der Waals surface area contributed by atoms with Crippen LogP contribution >= 0.6 is 23.1 Å². The molecule has 1 amide bonds. The van der Waals surface area contributed by atoms with Crippen LogP contribution in [-0.2, 0) is 4.79 Å². The minimum absolute atomic E-state index is 0.0468. The molecule has 0 saturated heterocycles. The van der Waals surface area contributed by atoms with Gasteiger partial charge in [-0.15, -0.1) is 10.2 Å². The Labute approximate surface area is 170 Å². The van der Waals surface area contributed by atoms with Crippen molar-refractivity contribution in [1.29, 1.82) is 0 Å². The van der Waals surface area contributed by atoms with Gasteiger partial charge in [-0.25, -0.2) is 0 Å². The number of carbonyl (C=O) groups is 2. The average Bonchev–Trinajstić information content (AvgIpc) is 3.14. The zero-order chi connectivity index (χ0) is 19.9. The highest BCUT2D eigenvalue weighted by Crippen LogP contribution is 2.31. The molecule has 0 radical (unpaired) electrons. The summed E-state index contributed by atoms with van der Waals surface area (Å²) < 4.78 is 5.97. The van der Waals surface area contributed by atoms with Crippen molar-refractivity contribution in [3.63, 3.8) is 0 Å². The van der Waals surface area contributed by atoms with Gasteiger partial charge in [0.15, 0.2) is 10.1 Å². The molecule has 0 atom stereocenters. The summed E-state index contributed by atoms with van der Waals surface area (Å²) in [7, 11) is 1.60. The molecule has 144 valence electrons. The van der Waals surface area contributed by atoms with E-state index in [0.717, 1.165) is 5.69 Å². The van der Waals surface area contributed by atoms with Gasteiger partial charge < -0.3 is 15.4 Å². The molecule has 2 aromatic carbocycles. The van der Waals surface area contributed by atoms with Crippen LogP contribution in [-0.4, -0.2) is 34.8 Å². The number of amides is 1. The molecule has 0 spiro atoms. The molecular formula is C19H18N4O3S2. The van der Waals surface area contributed by atoms with Gasteiger partial charge in [0, 0.05) is 11.3 Å². The van der Waals surface area contributed by atoms with Crippen molar-refractivity contribution in [2.24, 2.45) is 0 Å². The lowest BCUT2D eigenvalue weighted by Gasteiger charge is -2.07. The number of benzene rings is 2. The van der Waals surface area contributed by atoms with E-state index < -0.39 is 0 Å². The molecule has 1 aromatic heterocycles. The number of rotatable bonds is 8. The number of ketones is 1. The van der Waals surface area contributed by atoms with Crippen LogP contribution in [0.4, 0.5) is 16.5 Å².